The Bertz CT molecular complexity index is 1280. The molecular weight excluding hydrogens is 472 g/mol. The fraction of sp³-hybridized carbons (Fsp3) is 0.320. The summed E-state index contributed by atoms with van der Waals surface area (Å²) in [7, 11) is 5.90. The third-order valence-electron chi connectivity index (χ3n) is 5.69. The molecular formula is C25H27F2N5O4. The van der Waals surface area contributed by atoms with Gasteiger partial charge in [0.15, 0.2) is 29.0 Å². The van der Waals surface area contributed by atoms with Gasteiger partial charge < -0.3 is 24.2 Å². The van der Waals surface area contributed by atoms with Crippen molar-refractivity contribution in [2.45, 2.75) is 12.5 Å². The maximum absolute atomic E-state index is 14.9. The quantitative estimate of drug-likeness (QED) is 0.480. The van der Waals surface area contributed by atoms with Gasteiger partial charge in [0, 0.05) is 43.2 Å². The van der Waals surface area contributed by atoms with Crippen LogP contribution in [0.2, 0.25) is 0 Å². The van der Waals surface area contributed by atoms with Gasteiger partial charge in [-0.1, -0.05) is 6.08 Å². The van der Waals surface area contributed by atoms with Gasteiger partial charge in [-0.05, 0) is 18.6 Å². The van der Waals surface area contributed by atoms with E-state index in [1.807, 2.05) is 6.20 Å². The largest absolute Gasteiger partial charge is 0.494 e. The van der Waals surface area contributed by atoms with E-state index in [2.05, 4.69) is 10.1 Å². The number of rotatable bonds is 9. The van der Waals surface area contributed by atoms with Crippen LogP contribution in [0.3, 0.4) is 0 Å². The van der Waals surface area contributed by atoms with Crippen LogP contribution in [-0.4, -0.2) is 65.4 Å². The van der Waals surface area contributed by atoms with Gasteiger partial charge in [-0.25, -0.2) is 13.8 Å². The van der Waals surface area contributed by atoms with Crippen molar-refractivity contribution in [1.82, 2.24) is 19.7 Å². The van der Waals surface area contributed by atoms with Crippen molar-refractivity contribution in [1.29, 1.82) is 0 Å². The van der Waals surface area contributed by atoms with Gasteiger partial charge >= 0.3 is 0 Å². The molecule has 0 radical (unpaired) electrons. The molecule has 4 rings (SSSR count). The van der Waals surface area contributed by atoms with Gasteiger partial charge in [0.05, 0.1) is 51.6 Å². The average molecular weight is 500 g/mol. The van der Waals surface area contributed by atoms with Crippen LogP contribution in [0.5, 0.6) is 11.5 Å². The minimum Gasteiger partial charge on any atom is -0.494 e. The summed E-state index contributed by atoms with van der Waals surface area (Å²) >= 11 is 0. The predicted octanol–water partition coefficient (Wildman–Crippen LogP) is 3.14. The molecule has 3 heterocycles. The lowest BCUT2D eigenvalue weighted by molar-refractivity contribution is 0.0696. The molecule has 1 atom stereocenters. The molecule has 0 bridgehead atoms. The molecule has 1 N–H and O–H groups in total. The van der Waals surface area contributed by atoms with E-state index in [1.165, 1.54) is 27.4 Å². The maximum Gasteiger partial charge on any atom is 0.171 e. The van der Waals surface area contributed by atoms with Gasteiger partial charge in [0.1, 0.15) is 5.69 Å². The Morgan fingerprint density at radius 2 is 1.81 bits per heavy atom. The number of hydrogen-bond donors (Lipinski definition) is 1. The highest BCUT2D eigenvalue weighted by atomic mass is 19.1. The number of hydrogen-bond acceptors (Lipinski definition) is 8. The fourth-order valence-electron chi connectivity index (χ4n) is 3.92. The lowest BCUT2D eigenvalue weighted by Gasteiger charge is -2.31. The van der Waals surface area contributed by atoms with Crippen molar-refractivity contribution in [3.63, 3.8) is 0 Å². The Kier molecular flexibility index (Phi) is 7.61. The van der Waals surface area contributed by atoms with Crippen LogP contribution in [0, 0.1) is 11.6 Å². The number of aliphatic hydroxyl groups excluding tert-OH is 1. The summed E-state index contributed by atoms with van der Waals surface area (Å²) in [6, 6.07) is 1.17. The molecule has 36 heavy (non-hydrogen) atoms. The first kappa shape index (κ1) is 25.3. The summed E-state index contributed by atoms with van der Waals surface area (Å²) in [5, 5.41) is 14.7. The first-order chi connectivity index (χ1) is 17.4. The highest BCUT2D eigenvalue weighted by molar-refractivity contribution is 5.73. The number of β-amino-alcohol motifs (C(OH)–C–C–N with tert-alkyl or cyclic N) is 1. The molecule has 1 aliphatic rings. The Morgan fingerprint density at radius 1 is 1.08 bits per heavy atom. The molecule has 0 aliphatic carbocycles. The summed E-state index contributed by atoms with van der Waals surface area (Å²) in [4.78, 5) is 11.0. The number of ether oxygens (including phenoxy) is 3. The summed E-state index contributed by atoms with van der Waals surface area (Å²) in [5.74, 6) is -1.37. The molecule has 0 saturated heterocycles. The minimum atomic E-state index is -0.855. The lowest BCUT2D eigenvalue weighted by atomic mass is 10.1. The van der Waals surface area contributed by atoms with Gasteiger partial charge in [0.2, 0.25) is 0 Å². The highest BCUT2D eigenvalue weighted by Gasteiger charge is 2.25. The van der Waals surface area contributed by atoms with Crippen LogP contribution in [0.4, 0.5) is 14.6 Å². The Labute approximate surface area is 207 Å². The van der Waals surface area contributed by atoms with Crippen molar-refractivity contribution < 1.29 is 28.1 Å². The number of aromatic nitrogens is 4. The van der Waals surface area contributed by atoms with E-state index in [1.54, 1.807) is 47.3 Å². The van der Waals surface area contributed by atoms with Crippen LogP contribution in [0.25, 0.3) is 17.3 Å². The van der Waals surface area contributed by atoms with E-state index in [0.29, 0.717) is 22.9 Å². The van der Waals surface area contributed by atoms with Crippen LogP contribution < -0.4 is 14.4 Å². The molecule has 9 nitrogen and oxygen atoms in total. The molecule has 1 unspecified atom stereocenters. The molecule has 1 aromatic carbocycles. The second-order valence-electron chi connectivity index (χ2n) is 8.14. The average Bonchev–Trinajstić information content (AvgIpc) is 3.31. The van der Waals surface area contributed by atoms with Gasteiger partial charge in [-0.3, -0.25) is 9.67 Å². The lowest BCUT2D eigenvalue weighted by Crippen LogP contribution is -2.36. The smallest absolute Gasteiger partial charge is 0.171 e. The molecule has 2 aromatic heterocycles. The minimum absolute atomic E-state index is 0.0922. The molecule has 3 aromatic rings. The number of halogens is 2. The number of aryl methyl sites for hydroxylation is 1. The zero-order valence-corrected chi connectivity index (χ0v) is 20.4. The van der Waals surface area contributed by atoms with E-state index in [9.17, 15) is 13.9 Å². The van der Waals surface area contributed by atoms with E-state index in [-0.39, 0.29) is 36.6 Å². The van der Waals surface area contributed by atoms with Gasteiger partial charge in [0.25, 0.3) is 0 Å². The number of nitrogens with zero attached hydrogens (tertiary/aromatic N) is 5. The second-order valence-corrected chi connectivity index (χ2v) is 8.14. The third-order valence-corrected chi connectivity index (χ3v) is 5.69. The Morgan fingerprint density at radius 3 is 2.42 bits per heavy atom. The molecule has 0 amide bonds. The Hall–Kier alpha value is -3.83. The van der Waals surface area contributed by atoms with Crippen LogP contribution in [0.1, 0.15) is 11.3 Å². The zero-order chi connectivity index (χ0) is 25.8. The molecule has 190 valence electrons. The number of aliphatic hydroxyl groups is 1. The molecule has 11 heteroatoms. The topological polar surface area (TPSA) is 94.8 Å². The van der Waals surface area contributed by atoms with Crippen LogP contribution in [0.15, 0.2) is 42.5 Å². The number of fused-ring (bicyclic) bond motifs is 1. The summed E-state index contributed by atoms with van der Waals surface area (Å²) in [6.07, 6.45) is 9.35. The zero-order valence-electron chi connectivity index (χ0n) is 20.4. The van der Waals surface area contributed by atoms with E-state index < -0.39 is 17.7 Å². The Balaban J connectivity index is 1.75. The summed E-state index contributed by atoms with van der Waals surface area (Å²) in [6.45, 7) is 0.212. The number of anilines is 1. The SMILES string of the molecule is COCC(O)CN1C(=CCc2c(F)c(OC)cc(OC)c2F)C=Cc2ncc(-c3cnn(C)c3)nc21. The van der Waals surface area contributed by atoms with E-state index in [4.69, 9.17) is 19.2 Å². The summed E-state index contributed by atoms with van der Waals surface area (Å²) in [5.41, 5.74) is 2.33. The third kappa shape index (κ3) is 5.07. The molecule has 0 spiro atoms. The first-order valence-corrected chi connectivity index (χ1v) is 11.1. The maximum atomic E-state index is 14.9. The second kappa shape index (κ2) is 10.8. The number of methoxy groups -OCH3 is 3. The van der Waals surface area contributed by atoms with Crippen molar-refractivity contribution in [3.8, 4) is 22.8 Å². The first-order valence-electron chi connectivity index (χ1n) is 11.1. The predicted molar refractivity (Wildman–Crippen MR) is 130 cm³/mol. The molecule has 0 fully saturated rings. The number of benzene rings is 1. The van der Waals surface area contributed by atoms with Crippen LogP contribution >= 0.6 is 0 Å². The van der Waals surface area contributed by atoms with Crippen molar-refractivity contribution in [2.24, 2.45) is 7.05 Å². The van der Waals surface area contributed by atoms with Gasteiger partial charge in [-0.2, -0.15) is 5.10 Å². The van der Waals surface area contributed by atoms with Gasteiger partial charge in [-0.15, -0.1) is 0 Å². The summed E-state index contributed by atoms with van der Waals surface area (Å²) < 4.78 is 46.7. The number of allylic oxidation sites excluding steroid dienone is 2. The monoisotopic (exact) mass is 499 g/mol. The molecule has 1 aliphatic heterocycles. The highest BCUT2D eigenvalue weighted by Crippen LogP contribution is 2.34. The van der Waals surface area contributed by atoms with Crippen LogP contribution in [-0.2, 0) is 18.2 Å². The van der Waals surface area contributed by atoms with Crippen molar-refractivity contribution >= 4 is 11.9 Å². The normalized spacial score (nSPS) is 14.8. The van der Waals surface area contributed by atoms with E-state index in [0.717, 1.165) is 5.56 Å². The standard InChI is InChI=1S/C25H27F2N5O4/c1-31-12-15(10-29-31)20-11-28-19-8-6-16(32(25(19)30-20)13-17(33)14-34-2)5-7-18-23(26)21(35-3)9-22(36-4)24(18)27/h5-6,8-12,17,33H,7,13-14H2,1-4H3. The molecule has 0 saturated carbocycles. The fourth-order valence-corrected chi connectivity index (χ4v) is 3.92. The van der Waals surface area contributed by atoms with Crippen molar-refractivity contribution in [3.05, 3.63) is 65.4 Å². The van der Waals surface area contributed by atoms with E-state index >= 15 is 0 Å². The van der Waals surface area contributed by atoms with Crippen molar-refractivity contribution in [2.75, 3.05) is 39.4 Å².